The normalized spacial score (nSPS) is 10.7. The van der Waals surface area contributed by atoms with Crippen molar-refractivity contribution in [3.8, 4) is 11.1 Å². The third-order valence-electron chi connectivity index (χ3n) is 2.81. The highest BCUT2D eigenvalue weighted by atomic mass is 15.3. The molecule has 0 unspecified atom stereocenters. The fraction of sp³-hybridized carbons (Fsp3) is 0.308. The van der Waals surface area contributed by atoms with E-state index >= 15 is 0 Å². The Hall–Kier alpha value is -1.61. The van der Waals surface area contributed by atoms with Gasteiger partial charge >= 0.3 is 0 Å². The largest absolute Gasteiger partial charge is 0.314 e. The molecule has 1 aromatic carbocycles. The van der Waals surface area contributed by atoms with Gasteiger partial charge in [0.05, 0.1) is 5.69 Å². The summed E-state index contributed by atoms with van der Waals surface area (Å²) in [6.07, 6.45) is 0. The first-order valence-electron chi connectivity index (χ1n) is 5.46. The van der Waals surface area contributed by atoms with E-state index in [0.717, 1.165) is 12.2 Å². The minimum atomic E-state index is 0.798. The molecule has 0 saturated heterocycles. The van der Waals surface area contributed by atoms with Crippen LogP contribution in [-0.4, -0.2) is 16.8 Å². The first-order valence-corrected chi connectivity index (χ1v) is 5.46. The average molecular weight is 215 g/mol. The number of hydrogen-bond donors (Lipinski definition) is 1. The quantitative estimate of drug-likeness (QED) is 0.850. The predicted molar refractivity (Wildman–Crippen MR) is 66.1 cm³/mol. The number of aromatic nitrogens is 2. The highest BCUT2D eigenvalue weighted by Crippen LogP contribution is 2.26. The van der Waals surface area contributed by atoms with Crippen LogP contribution in [0.25, 0.3) is 11.1 Å². The van der Waals surface area contributed by atoms with Crippen molar-refractivity contribution in [2.24, 2.45) is 7.05 Å². The minimum Gasteiger partial charge on any atom is -0.314 e. The van der Waals surface area contributed by atoms with Gasteiger partial charge in [-0.05, 0) is 19.5 Å². The van der Waals surface area contributed by atoms with Gasteiger partial charge in [0.1, 0.15) is 0 Å². The lowest BCUT2D eigenvalue weighted by Crippen LogP contribution is -2.07. The second-order valence-electron chi connectivity index (χ2n) is 3.93. The third-order valence-corrected chi connectivity index (χ3v) is 2.81. The van der Waals surface area contributed by atoms with Gasteiger partial charge in [-0.15, -0.1) is 0 Å². The van der Waals surface area contributed by atoms with E-state index in [0.29, 0.717) is 0 Å². The average Bonchev–Trinajstić information content (AvgIpc) is 2.57. The van der Waals surface area contributed by atoms with E-state index in [1.54, 1.807) is 0 Å². The molecule has 3 heteroatoms. The van der Waals surface area contributed by atoms with Gasteiger partial charge in [0.25, 0.3) is 0 Å². The Bertz CT molecular complexity index is 471. The molecule has 0 bridgehead atoms. The smallest absolute Gasteiger partial charge is 0.0843 e. The third kappa shape index (κ3) is 1.86. The molecule has 2 aromatic rings. The number of benzene rings is 1. The van der Waals surface area contributed by atoms with Crippen molar-refractivity contribution in [3.63, 3.8) is 0 Å². The molecule has 0 aliphatic heterocycles. The Balaban J connectivity index is 2.54. The maximum Gasteiger partial charge on any atom is 0.0843 e. The molecule has 0 aliphatic carbocycles. The Morgan fingerprint density at radius 3 is 2.56 bits per heavy atom. The van der Waals surface area contributed by atoms with E-state index in [1.807, 2.05) is 24.8 Å². The maximum atomic E-state index is 4.53. The van der Waals surface area contributed by atoms with Crippen LogP contribution in [0, 0.1) is 6.92 Å². The molecule has 3 nitrogen and oxygen atoms in total. The summed E-state index contributed by atoms with van der Waals surface area (Å²) in [5.41, 5.74) is 4.79. The van der Waals surface area contributed by atoms with E-state index in [1.165, 1.54) is 16.8 Å². The molecule has 84 valence electrons. The van der Waals surface area contributed by atoms with E-state index in [4.69, 9.17) is 0 Å². The zero-order valence-corrected chi connectivity index (χ0v) is 9.99. The number of hydrogen-bond acceptors (Lipinski definition) is 2. The second kappa shape index (κ2) is 4.49. The summed E-state index contributed by atoms with van der Waals surface area (Å²) in [4.78, 5) is 0. The molecule has 1 heterocycles. The molecule has 0 radical (unpaired) electrons. The van der Waals surface area contributed by atoms with Crippen molar-refractivity contribution in [1.82, 2.24) is 15.1 Å². The van der Waals surface area contributed by atoms with Crippen LogP contribution in [0.15, 0.2) is 30.3 Å². The Morgan fingerprint density at radius 2 is 1.94 bits per heavy atom. The van der Waals surface area contributed by atoms with Crippen molar-refractivity contribution in [1.29, 1.82) is 0 Å². The van der Waals surface area contributed by atoms with Crippen LogP contribution in [0.5, 0.6) is 0 Å². The number of nitrogens with one attached hydrogen (secondary N) is 1. The number of nitrogens with zero attached hydrogens (tertiary/aromatic N) is 2. The lowest BCUT2D eigenvalue weighted by molar-refractivity contribution is 0.698. The van der Waals surface area contributed by atoms with Crippen LogP contribution < -0.4 is 5.32 Å². The minimum absolute atomic E-state index is 0.798. The van der Waals surface area contributed by atoms with Gasteiger partial charge in [-0.1, -0.05) is 30.3 Å². The number of rotatable bonds is 3. The van der Waals surface area contributed by atoms with Crippen LogP contribution in [0.2, 0.25) is 0 Å². The summed E-state index contributed by atoms with van der Waals surface area (Å²) < 4.78 is 1.94. The molecular formula is C13H17N3. The molecule has 0 saturated carbocycles. The Morgan fingerprint density at radius 1 is 1.25 bits per heavy atom. The monoisotopic (exact) mass is 215 g/mol. The fourth-order valence-electron chi connectivity index (χ4n) is 1.95. The van der Waals surface area contributed by atoms with Crippen molar-refractivity contribution in [2.75, 3.05) is 7.05 Å². The Kier molecular flexibility index (Phi) is 3.06. The van der Waals surface area contributed by atoms with Crippen molar-refractivity contribution < 1.29 is 0 Å². The highest BCUT2D eigenvalue weighted by molar-refractivity contribution is 5.68. The second-order valence-corrected chi connectivity index (χ2v) is 3.93. The van der Waals surface area contributed by atoms with Gasteiger partial charge < -0.3 is 5.32 Å². The van der Waals surface area contributed by atoms with E-state index in [2.05, 4.69) is 41.6 Å². The van der Waals surface area contributed by atoms with Gasteiger partial charge in [0.2, 0.25) is 0 Å². The van der Waals surface area contributed by atoms with Gasteiger partial charge in [0, 0.05) is 24.8 Å². The van der Waals surface area contributed by atoms with Gasteiger partial charge in [-0.3, -0.25) is 4.68 Å². The van der Waals surface area contributed by atoms with Gasteiger partial charge in [0.15, 0.2) is 0 Å². The van der Waals surface area contributed by atoms with Crippen LogP contribution in [0.3, 0.4) is 0 Å². The Labute approximate surface area is 96.1 Å². The van der Waals surface area contributed by atoms with Gasteiger partial charge in [-0.25, -0.2) is 0 Å². The molecule has 0 amide bonds. The van der Waals surface area contributed by atoms with Crippen LogP contribution in [0.4, 0.5) is 0 Å². The van der Waals surface area contributed by atoms with Crippen molar-refractivity contribution in [2.45, 2.75) is 13.5 Å². The molecule has 0 aliphatic rings. The lowest BCUT2D eigenvalue weighted by Gasteiger charge is -2.03. The first kappa shape index (κ1) is 10.9. The summed E-state index contributed by atoms with van der Waals surface area (Å²) in [6, 6.07) is 10.4. The zero-order chi connectivity index (χ0) is 11.5. The van der Waals surface area contributed by atoms with E-state index < -0.39 is 0 Å². The molecule has 1 N–H and O–H groups in total. The van der Waals surface area contributed by atoms with E-state index in [9.17, 15) is 0 Å². The van der Waals surface area contributed by atoms with Crippen molar-refractivity contribution in [3.05, 3.63) is 41.7 Å². The van der Waals surface area contributed by atoms with Gasteiger partial charge in [-0.2, -0.15) is 5.10 Å². The maximum absolute atomic E-state index is 4.53. The standard InChI is InChI=1S/C13H17N3/c1-10-13(11-7-5-4-6-8-11)12(9-14-2)15-16(10)3/h4-8,14H,9H2,1-3H3. The van der Waals surface area contributed by atoms with E-state index in [-0.39, 0.29) is 0 Å². The molecule has 1 aromatic heterocycles. The highest BCUT2D eigenvalue weighted by Gasteiger charge is 2.13. The SMILES string of the molecule is CNCc1nn(C)c(C)c1-c1ccccc1. The molecule has 0 spiro atoms. The fourth-order valence-corrected chi connectivity index (χ4v) is 1.95. The molecule has 0 fully saturated rings. The first-order chi connectivity index (χ1) is 7.74. The molecule has 0 atom stereocenters. The number of aryl methyl sites for hydroxylation is 1. The summed E-state index contributed by atoms with van der Waals surface area (Å²) in [6.45, 7) is 2.90. The van der Waals surface area contributed by atoms with Crippen LogP contribution >= 0.6 is 0 Å². The molecule has 16 heavy (non-hydrogen) atoms. The summed E-state index contributed by atoms with van der Waals surface area (Å²) in [5.74, 6) is 0. The zero-order valence-electron chi connectivity index (χ0n) is 9.99. The van der Waals surface area contributed by atoms with Crippen LogP contribution in [0.1, 0.15) is 11.4 Å². The predicted octanol–water partition coefficient (Wildman–Crippen LogP) is 2.11. The molecule has 2 rings (SSSR count). The molecular weight excluding hydrogens is 198 g/mol. The lowest BCUT2D eigenvalue weighted by atomic mass is 10.0. The van der Waals surface area contributed by atoms with Crippen molar-refractivity contribution >= 4 is 0 Å². The van der Waals surface area contributed by atoms with Crippen LogP contribution in [-0.2, 0) is 13.6 Å². The summed E-state index contributed by atoms with van der Waals surface area (Å²) >= 11 is 0. The summed E-state index contributed by atoms with van der Waals surface area (Å²) in [7, 11) is 3.93. The topological polar surface area (TPSA) is 29.9 Å². The summed E-state index contributed by atoms with van der Waals surface area (Å²) in [5, 5.41) is 7.69.